The number of nitrogens with two attached hydrogens (primary N) is 1. The highest BCUT2D eigenvalue weighted by Crippen LogP contribution is 2.08. The monoisotopic (exact) mass is 506 g/mol. The molecule has 0 radical (unpaired) electrons. The molecular weight excluding hydrogens is 471 g/mol. The van der Waals surface area contributed by atoms with Gasteiger partial charge in [-0.1, -0.05) is 24.3 Å². The molecule has 2 rings (SSSR count). The van der Waals surface area contributed by atoms with Crippen LogP contribution in [0.1, 0.15) is 24.5 Å². The van der Waals surface area contributed by atoms with Crippen LogP contribution in [-0.2, 0) is 27.4 Å². The fraction of sp³-hybridized carbons (Fsp3) is 0.650. The van der Waals surface area contributed by atoms with E-state index in [0.717, 1.165) is 63.5 Å². The van der Waals surface area contributed by atoms with E-state index in [1.54, 1.807) is 0 Å². The van der Waals surface area contributed by atoms with Gasteiger partial charge < -0.3 is 25.3 Å². The number of benzene rings is 1. The molecule has 1 heterocycles. The maximum atomic E-state index is 5.97. The third-order valence-corrected chi connectivity index (χ3v) is 4.33. The van der Waals surface area contributed by atoms with E-state index in [0.29, 0.717) is 32.3 Å². The number of hydrogen-bond acceptors (Lipinski definition) is 5. The lowest BCUT2D eigenvalue weighted by Gasteiger charge is -2.26. The van der Waals surface area contributed by atoms with E-state index in [2.05, 4.69) is 33.4 Å². The maximum Gasteiger partial charge on any atom is 0.188 e. The zero-order valence-corrected chi connectivity index (χ0v) is 19.2. The summed E-state index contributed by atoms with van der Waals surface area (Å²) in [7, 11) is 0. The van der Waals surface area contributed by atoms with Gasteiger partial charge in [0.25, 0.3) is 0 Å². The van der Waals surface area contributed by atoms with Crippen LogP contribution in [0, 0.1) is 0 Å². The van der Waals surface area contributed by atoms with Gasteiger partial charge >= 0.3 is 0 Å². The molecular formula is C20H35IN4O3. The largest absolute Gasteiger partial charge is 0.379 e. The molecule has 1 aromatic carbocycles. The summed E-state index contributed by atoms with van der Waals surface area (Å²) < 4.78 is 16.2. The van der Waals surface area contributed by atoms with Crippen molar-refractivity contribution in [2.24, 2.45) is 10.7 Å². The van der Waals surface area contributed by atoms with Gasteiger partial charge in [-0.05, 0) is 31.0 Å². The third-order valence-electron chi connectivity index (χ3n) is 4.33. The Bertz CT molecular complexity index is 554. The van der Waals surface area contributed by atoms with E-state index >= 15 is 0 Å². The summed E-state index contributed by atoms with van der Waals surface area (Å²) >= 11 is 0. The molecule has 8 heteroatoms. The molecule has 0 unspecified atom stereocenters. The summed E-state index contributed by atoms with van der Waals surface area (Å²) in [5.74, 6) is 0.496. The van der Waals surface area contributed by atoms with Crippen LogP contribution in [-0.4, -0.2) is 70.1 Å². The molecule has 3 N–H and O–H groups in total. The van der Waals surface area contributed by atoms with Gasteiger partial charge in [0.15, 0.2) is 5.96 Å². The minimum absolute atomic E-state index is 0. The molecule has 0 bridgehead atoms. The van der Waals surface area contributed by atoms with Crippen molar-refractivity contribution in [2.75, 3.05) is 59.2 Å². The van der Waals surface area contributed by atoms with Crippen molar-refractivity contribution < 1.29 is 14.2 Å². The average Bonchev–Trinajstić information content (AvgIpc) is 2.71. The Balaban J connectivity index is 0.00000392. The van der Waals surface area contributed by atoms with Crippen molar-refractivity contribution in [1.29, 1.82) is 0 Å². The molecule has 1 aliphatic rings. The molecule has 0 atom stereocenters. The second kappa shape index (κ2) is 15.9. The van der Waals surface area contributed by atoms with Crippen LogP contribution in [0.2, 0.25) is 0 Å². The number of aliphatic imine (C=N–C) groups is 1. The van der Waals surface area contributed by atoms with Crippen LogP contribution in [0.4, 0.5) is 0 Å². The molecule has 160 valence electrons. The van der Waals surface area contributed by atoms with Crippen LogP contribution in [0.5, 0.6) is 0 Å². The molecule has 1 aliphatic heterocycles. The fourth-order valence-electron chi connectivity index (χ4n) is 2.85. The van der Waals surface area contributed by atoms with Gasteiger partial charge in [-0.25, -0.2) is 4.99 Å². The van der Waals surface area contributed by atoms with E-state index in [1.807, 2.05) is 13.0 Å². The first kappa shape index (κ1) is 25.1. The summed E-state index contributed by atoms with van der Waals surface area (Å²) in [4.78, 5) is 6.85. The van der Waals surface area contributed by atoms with Gasteiger partial charge in [-0.3, -0.25) is 4.90 Å². The van der Waals surface area contributed by atoms with Crippen molar-refractivity contribution in [2.45, 2.75) is 26.5 Å². The molecule has 1 saturated heterocycles. The Kier molecular flexibility index (Phi) is 14.3. The van der Waals surface area contributed by atoms with E-state index in [9.17, 15) is 0 Å². The summed E-state index contributed by atoms with van der Waals surface area (Å²) in [5.41, 5.74) is 8.23. The molecule has 0 amide bonds. The normalized spacial score (nSPS) is 15.2. The smallest absolute Gasteiger partial charge is 0.188 e. The van der Waals surface area contributed by atoms with Gasteiger partial charge in [-0.15, -0.1) is 24.0 Å². The van der Waals surface area contributed by atoms with Gasteiger partial charge in [0.1, 0.15) is 0 Å². The van der Waals surface area contributed by atoms with Crippen molar-refractivity contribution in [3.63, 3.8) is 0 Å². The Morgan fingerprint density at radius 1 is 1.21 bits per heavy atom. The first-order chi connectivity index (χ1) is 13.3. The highest BCUT2D eigenvalue weighted by molar-refractivity contribution is 14.0. The zero-order chi connectivity index (χ0) is 19.2. The number of nitrogens with zero attached hydrogens (tertiary/aromatic N) is 2. The van der Waals surface area contributed by atoms with Crippen LogP contribution >= 0.6 is 24.0 Å². The Hall–Kier alpha value is -0.940. The van der Waals surface area contributed by atoms with Crippen molar-refractivity contribution in [1.82, 2.24) is 10.2 Å². The molecule has 0 aliphatic carbocycles. The van der Waals surface area contributed by atoms with Crippen molar-refractivity contribution in [3.8, 4) is 0 Å². The second-order valence-corrected chi connectivity index (χ2v) is 6.51. The average molecular weight is 506 g/mol. The Morgan fingerprint density at radius 2 is 1.96 bits per heavy atom. The third kappa shape index (κ3) is 11.2. The molecule has 7 nitrogen and oxygen atoms in total. The van der Waals surface area contributed by atoms with Crippen LogP contribution in [0.3, 0.4) is 0 Å². The number of hydrogen-bond donors (Lipinski definition) is 2. The predicted molar refractivity (Wildman–Crippen MR) is 123 cm³/mol. The van der Waals surface area contributed by atoms with Crippen molar-refractivity contribution in [3.05, 3.63) is 35.4 Å². The number of halogens is 1. The quantitative estimate of drug-likeness (QED) is 0.195. The molecule has 28 heavy (non-hydrogen) atoms. The second-order valence-electron chi connectivity index (χ2n) is 6.51. The summed E-state index contributed by atoms with van der Waals surface area (Å²) in [5, 5.41) is 3.19. The van der Waals surface area contributed by atoms with E-state index < -0.39 is 0 Å². The SMILES string of the molecule is CCOCCOCc1cccc(CN=C(N)NCCCN2CCOCC2)c1.I. The molecule has 1 aromatic rings. The first-order valence-electron chi connectivity index (χ1n) is 9.85. The lowest BCUT2D eigenvalue weighted by atomic mass is 10.1. The standard InChI is InChI=1S/C20H34N4O3.HI/c1-2-25-13-14-27-17-19-6-3-5-18(15-19)16-23-20(21)22-7-4-8-24-9-11-26-12-10-24;/h3,5-6,15H,2,4,7-14,16-17H2,1H3,(H3,21,22,23);1H. The van der Waals surface area contributed by atoms with Gasteiger partial charge in [0.05, 0.1) is 39.6 Å². The van der Waals surface area contributed by atoms with Gasteiger partial charge in [-0.2, -0.15) is 0 Å². The fourth-order valence-corrected chi connectivity index (χ4v) is 2.85. The maximum absolute atomic E-state index is 5.97. The molecule has 0 saturated carbocycles. The number of ether oxygens (including phenoxy) is 3. The van der Waals surface area contributed by atoms with Crippen LogP contribution in [0.15, 0.2) is 29.3 Å². The summed E-state index contributed by atoms with van der Waals surface area (Å²) in [6, 6.07) is 8.24. The van der Waals surface area contributed by atoms with Crippen LogP contribution < -0.4 is 11.1 Å². The summed E-state index contributed by atoms with van der Waals surface area (Å²) in [6.45, 7) is 10.7. The zero-order valence-electron chi connectivity index (χ0n) is 16.9. The Labute approximate surface area is 186 Å². The number of guanidine groups is 1. The van der Waals surface area contributed by atoms with Crippen LogP contribution in [0.25, 0.3) is 0 Å². The van der Waals surface area contributed by atoms with E-state index in [-0.39, 0.29) is 24.0 Å². The molecule has 1 fully saturated rings. The number of rotatable bonds is 12. The van der Waals surface area contributed by atoms with E-state index in [1.165, 1.54) is 0 Å². The number of morpholine rings is 1. The number of nitrogens with one attached hydrogen (secondary N) is 1. The first-order valence-corrected chi connectivity index (χ1v) is 9.85. The summed E-state index contributed by atoms with van der Waals surface area (Å²) in [6.07, 6.45) is 1.05. The lowest BCUT2D eigenvalue weighted by molar-refractivity contribution is 0.0376. The van der Waals surface area contributed by atoms with Crippen molar-refractivity contribution >= 4 is 29.9 Å². The van der Waals surface area contributed by atoms with Gasteiger partial charge in [0, 0.05) is 26.2 Å². The topological polar surface area (TPSA) is 81.3 Å². The highest BCUT2D eigenvalue weighted by atomic mass is 127. The predicted octanol–water partition coefficient (Wildman–Crippen LogP) is 1.98. The van der Waals surface area contributed by atoms with E-state index in [4.69, 9.17) is 19.9 Å². The molecule has 0 aromatic heterocycles. The highest BCUT2D eigenvalue weighted by Gasteiger charge is 2.08. The Morgan fingerprint density at radius 3 is 2.75 bits per heavy atom. The van der Waals surface area contributed by atoms with Gasteiger partial charge in [0.2, 0.25) is 0 Å². The minimum Gasteiger partial charge on any atom is -0.379 e. The molecule has 0 spiro atoms. The minimum atomic E-state index is 0. The lowest BCUT2D eigenvalue weighted by Crippen LogP contribution is -2.39.